The predicted molar refractivity (Wildman–Crippen MR) is 155 cm³/mol. The van der Waals surface area contributed by atoms with Gasteiger partial charge in [0.2, 0.25) is 11.8 Å². The van der Waals surface area contributed by atoms with Crippen LogP contribution in [0.4, 0.5) is 10.1 Å². The largest absolute Gasteiger partial charge is 0.494 e. The van der Waals surface area contributed by atoms with Crippen LogP contribution in [-0.4, -0.2) is 57.1 Å². The molecule has 3 aromatic carbocycles. The van der Waals surface area contributed by atoms with Crippen molar-refractivity contribution in [2.45, 2.75) is 43.1 Å². The summed E-state index contributed by atoms with van der Waals surface area (Å²) in [5.74, 6) is -1.09. The van der Waals surface area contributed by atoms with Gasteiger partial charge < -0.3 is 15.0 Å². The molecule has 0 saturated carbocycles. The average Bonchev–Trinajstić information content (AvgIpc) is 2.95. The number of ether oxygens (including phenoxy) is 1. The van der Waals surface area contributed by atoms with E-state index in [9.17, 15) is 22.4 Å². The highest BCUT2D eigenvalue weighted by Gasteiger charge is 2.32. The number of benzene rings is 3. The van der Waals surface area contributed by atoms with Crippen molar-refractivity contribution < 1.29 is 27.1 Å². The molecule has 0 aliphatic heterocycles. The average molecular weight is 588 g/mol. The van der Waals surface area contributed by atoms with Crippen molar-refractivity contribution in [1.29, 1.82) is 0 Å². The van der Waals surface area contributed by atoms with Gasteiger partial charge in [0.15, 0.2) is 0 Å². The lowest BCUT2D eigenvalue weighted by Crippen LogP contribution is -2.51. The third-order valence-corrected chi connectivity index (χ3v) is 8.71. The molecule has 3 aromatic rings. The van der Waals surface area contributed by atoms with E-state index in [1.165, 1.54) is 53.9 Å². The van der Waals surface area contributed by atoms with Gasteiger partial charge in [0, 0.05) is 23.5 Å². The highest BCUT2D eigenvalue weighted by Crippen LogP contribution is 2.28. The summed E-state index contributed by atoms with van der Waals surface area (Å²) in [6, 6.07) is 17.7. The third kappa shape index (κ3) is 7.54. The number of anilines is 1. The fourth-order valence-corrected chi connectivity index (χ4v) is 5.82. The Kier molecular flexibility index (Phi) is 11.0. The van der Waals surface area contributed by atoms with Crippen LogP contribution in [0.15, 0.2) is 82.6 Å². The van der Waals surface area contributed by atoms with E-state index < -0.39 is 40.2 Å². The summed E-state index contributed by atoms with van der Waals surface area (Å²) in [7, 11) is -4.21. The van der Waals surface area contributed by atoms with Crippen molar-refractivity contribution in [3.05, 3.63) is 84.2 Å². The zero-order chi connectivity index (χ0) is 29.3. The maximum absolute atomic E-state index is 14.6. The molecule has 40 heavy (non-hydrogen) atoms. The highest BCUT2D eigenvalue weighted by molar-refractivity contribution is 7.98. The molecule has 3 rings (SSSR count). The van der Waals surface area contributed by atoms with Crippen molar-refractivity contribution >= 4 is 39.3 Å². The number of hydrogen-bond acceptors (Lipinski definition) is 6. The second-order valence-corrected chi connectivity index (χ2v) is 11.5. The lowest BCUT2D eigenvalue weighted by Gasteiger charge is -2.32. The van der Waals surface area contributed by atoms with Gasteiger partial charge in [0.05, 0.1) is 17.2 Å². The van der Waals surface area contributed by atoms with Crippen LogP contribution in [0.3, 0.4) is 0 Å². The van der Waals surface area contributed by atoms with Gasteiger partial charge in [-0.2, -0.15) is 0 Å². The minimum absolute atomic E-state index is 0.00409. The van der Waals surface area contributed by atoms with Crippen molar-refractivity contribution in [3.63, 3.8) is 0 Å². The summed E-state index contributed by atoms with van der Waals surface area (Å²) in [6.07, 6.45) is 1.88. The minimum atomic E-state index is -4.21. The van der Waals surface area contributed by atoms with Crippen LogP contribution in [0.25, 0.3) is 0 Å². The van der Waals surface area contributed by atoms with Crippen molar-refractivity contribution in [2.75, 3.05) is 30.3 Å². The lowest BCUT2D eigenvalue weighted by molar-refractivity contribution is -0.139. The fraction of sp³-hybridized carbons (Fsp3) is 0.310. The zero-order valence-corrected chi connectivity index (χ0v) is 24.6. The van der Waals surface area contributed by atoms with E-state index in [2.05, 4.69) is 5.32 Å². The summed E-state index contributed by atoms with van der Waals surface area (Å²) >= 11 is 1.47. The first-order chi connectivity index (χ1) is 19.1. The second-order valence-electron chi connectivity index (χ2n) is 8.80. The molecule has 0 aliphatic rings. The minimum Gasteiger partial charge on any atom is -0.494 e. The molecule has 2 amide bonds. The standard InChI is InChI=1S/C29H34FN3O5S2/c1-5-31-29(35)21(3)32(19-22-9-7-8-10-27(22)30)28(34)20-33(23-11-13-24(14-12-23)38-6-2)40(36,37)26-17-15-25(39-4)16-18-26/h7-18,21H,5-6,19-20H2,1-4H3,(H,31,35)/t21-/m0/s1. The Morgan fingerprint density at radius 1 is 1.00 bits per heavy atom. The molecule has 1 atom stereocenters. The van der Waals surface area contributed by atoms with E-state index in [4.69, 9.17) is 4.74 Å². The summed E-state index contributed by atoms with van der Waals surface area (Å²) in [5, 5.41) is 2.68. The van der Waals surface area contributed by atoms with Gasteiger partial charge in [0.25, 0.3) is 10.0 Å². The number of thioether (sulfide) groups is 1. The van der Waals surface area contributed by atoms with Gasteiger partial charge in [-0.25, -0.2) is 12.8 Å². The Balaban J connectivity index is 2.04. The first-order valence-corrected chi connectivity index (χ1v) is 15.5. The monoisotopic (exact) mass is 587 g/mol. The van der Waals surface area contributed by atoms with Crippen LogP contribution in [0.2, 0.25) is 0 Å². The SMILES string of the molecule is CCNC(=O)[C@H](C)N(Cc1ccccc1F)C(=O)CN(c1ccc(OCC)cc1)S(=O)(=O)c1ccc(SC)cc1. The van der Waals surface area contributed by atoms with Crippen LogP contribution in [0.1, 0.15) is 26.3 Å². The molecule has 0 heterocycles. The molecule has 0 aromatic heterocycles. The number of amides is 2. The van der Waals surface area contributed by atoms with E-state index in [1.54, 1.807) is 49.4 Å². The maximum atomic E-state index is 14.6. The highest BCUT2D eigenvalue weighted by atomic mass is 32.2. The first-order valence-electron chi connectivity index (χ1n) is 12.8. The van der Waals surface area contributed by atoms with E-state index in [0.29, 0.717) is 18.9 Å². The number of nitrogens with zero attached hydrogens (tertiary/aromatic N) is 2. The number of sulfonamides is 1. The smallest absolute Gasteiger partial charge is 0.264 e. The van der Waals surface area contributed by atoms with Crippen molar-refractivity contribution in [1.82, 2.24) is 10.2 Å². The van der Waals surface area contributed by atoms with E-state index >= 15 is 0 Å². The second kappa shape index (κ2) is 14.2. The quantitative estimate of drug-likeness (QED) is 0.292. The van der Waals surface area contributed by atoms with Gasteiger partial charge >= 0.3 is 0 Å². The van der Waals surface area contributed by atoms with E-state index in [-0.39, 0.29) is 22.7 Å². The molecule has 0 unspecified atom stereocenters. The Morgan fingerprint density at radius 2 is 1.65 bits per heavy atom. The predicted octanol–water partition coefficient (Wildman–Crippen LogP) is 4.70. The van der Waals surface area contributed by atoms with E-state index in [0.717, 1.165) is 9.20 Å². The number of hydrogen-bond donors (Lipinski definition) is 1. The van der Waals surface area contributed by atoms with Gasteiger partial charge in [-0.05, 0) is 81.6 Å². The molecule has 0 bridgehead atoms. The van der Waals surface area contributed by atoms with Gasteiger partial charge in [-0.1, -0.05) is 18.2 Å². The van der Waals surface area contributed by atoms with Crippen LogP contribution in [0, 0.1) is 5.82 Å². The zero-order valence-electron chi connectivity index (χ0n) is 23.0. The van der Waals surface area contributed by atoms with Crippen LogP contribution in [-0.2, 0) is 26.2 Å². The Bertz CT molecular complexity index is 1400. The number of likely N-dealkylation sites (N-methyl/N-ethyl adjacent to an activating group) is 1. The van der Waals surface area contributed by atoms with Crippen molar-refractivity contribution in [3.8, 4) is 5.75 Å². The molecule has 0 aliphatic carbocycles. The molecular formula is C29H34FN3O5S2. The van der Waals surface area contributed by atoms with E-state index in [1.807, 2.05) is 13.2 Å². The summed E-state index contributed by atoms with van der Waals surface area (Å²) < 4.78 is 48.9. The molecule has 0 saturated heterocycles. The number of carbonyl (C=O) groups is 2. The summed E-state index contributed by atoms with van der Waals surface area (Å²) in [5.41, 5.74) is 0.442. The number of halogens is 1. The topological polar surface area (TPSA) is 96.0 Å². The van der Waals surface area contributed by atoms with Crippen LogP contribution >= 0.6 is 11.8 Å². The van der Waals surface area contributed by atoms with Gasteiger partial charge in [0.1, 0.15) is 24.2 Å². The maximum Gasteiger partial charge on any atom is 0.264 e. The first kappa shape index (κ1) is 31.0. The van der Waals surface area contributed by atoms with Gasteiger partial charge in [-0.15, -0.1) is 11.8 Å². The molecule has 214 valence electrons. The Labute approximate surface area is 239 Å². The Morgan fingerprint density at radius 3 is 2.23 bits per heavy atom. The molecule has 0 spiro atoms. The van der Waals surface area contributed by atoms with Crippen LogP contribution in [0.5, 0.6) is 5.75 Å². The fourth-order valence-electron chi connectivity index (χ4n) is 3.99. The molecule has 0 fully saturated rings. The van der Waals surface area contributed by atoms with Crippen molar-refractivity contribution in [2.24, 2.45) is 0 Å². The summed E-state index contributed by atoms with van der Waals surface area (Å²) in [4.78, 5) is 28.7. The normalized spacial score (nSPS) is 11.9. The van der Waals surface area contributed by atoms with Crippen LogP contribution < -0.4 is 14.4 Å². The molecule has 0 radical (unpaired) electrons. The number of nitrogens with one attached hydrogen (secondary N) is 1. The summed E-state index contributed by atoms with van der Waals surface area (Å²) in [6.45, 7) is 5.05. The molecule has 8 nitrogen and oxygen atoms in total. The molecular weight excluding hydrogens is 553 g/mol. The molecule has 1 N–H and O–H groups in total. The number of carbonyl (C=O) groups excluding carboxylic acids is 2. The Hall–Kier alpha value is -3.57. The van der Waals surface area contributed by atoms with Gasteiger partial charge in [-0.3, -0.25) is 13.9 Å². The third-order valence-electron chi connectivity index (χ3n) is 6.18. The lowest BCUT2D eigenvalue weighted by atomic mass is 10.1. The molecule has 11 heteroatoms. The number of rotatable bonds is 13.